The Labute approximate surface area is 309 Å². The minimum absolute atomic E-state index is 0.0146. The molecule has 284 valence electrons. The van der Waals surface area contributed by atoms with E-state index in [0.717, 1.165) is 5.56 Å². The van der Waals surface area contributed by atoms with E-state index < -0.39 is 69.4 Å². The van der Waals surface area contributed by atoms with Crippen LogP contribution in [0.25, 0.3) is 0 Å². The van der Waals surface area contributed by atoms with Crippen LogP contribution in [0.3, 0.4) is 0 Å². The number of methoxy groups -OCH3 is 2. The second-order valence-corrected chi connectivity index (χ2v) is 15.1. The van der Waals surface area contributed by atoms with Gasteiger partial charge in [-0.15, -0.1) is 0 Å². The number of benzene rings is 2. The Kier molecular flexibility index (Phi) is 10.5. The standard InChI is InChI=1S/C41H48O12/c1-24-16-32-39(46,36(24)44)21-28(22-51-33(42)20-27-12-13-30(31(18-27)49-6)52-23-50-15-14-48-5)17-29-35-38(3,4)41(35,37(45)25(2)40(29,32)47)53-34(43)19-26-10-8-7-9-11-26/h7-13,16-18,25,29,32,35,46-47H,14-15,19-23H2,1-6H3/t25-,29+,32-,35-,39-,40-,41-/m1/s1. The topological polar surface area (TPSA) is 164 Å². The van der Waals surface area contributed by atoms with E-state index in [9.17, 15) is 29.4 Å². The number of hydrogen-bond donors (Lipinski definition) is 2. The highest BCUT2D eigenvalue weighted by molar-refractivity contribution is 6.05. The molecule has 7 atom stereocenters. The first kappa shape index (κ1) is 38.4. The van der Waals surface area contributed by atoms with E-state index in [2.05, 4.69) is 0 Å². The number of Topliss-reactive ketones (excluding diaryl/α,β-unsaturated/α-hetero) is 2. The van der Waals surface area contributed by atoms with Crippen LogP contribution < -0.4 is 9.47 Å². The lowest BCUT2D eigenvalue weighted by molar-refractivity contribution is -0.190. The zero-order valence-electron chi connectivity index (χ0n) is 31.0. The molecule has 0 heterocycles. The Balaban J connectivity index is 1.24. The molecule has 2 N–H and O–H groups in total. The molecule has 0 radical (unpaired) electrons. The molecule has 0 unspecified atom stereocenters. The van der Waals surface area contributed by atoms with Crippen LogP contribution >= 0.6 is 0 Å². The summed E-state index contributed by atoms with van der Waals surface area (Å²) >= 11 is 0. The summed E-state index contributed by atoms with van der Waals surface area (Å²) in [6.07, 6.45) is 2.90. The molecular formula is C41H48O12. The first-order valence-electron chi connectivity index (χ1n) is 17.8. The monoisotopic (exact) mass is 732 g/mol. The fraction of sp³-hybridized carbons (Fsp3) is 0.512. The molecule has 2 aromatic carbocycles. The van der Waals surface area contributed by atoms with Crippen molar-refractivity contribution in [2.24, 2.45) is 29.1 Å². The van der Waals surface area contributed by atoms with Gasteiger partial charge in [0.25, 0.3) is 0 Å². The zero-order chi connectivity index (χ0) is 38.3. The molecule has 0 amide bonds. The third-order valence-corrected chi connectivity index (χ3v) is 11.7. The molecule has 2 fully saturated rings. The SMILES string of the molecule is COCCOCOc1ccc(CC(=O)OCC2=C[C@H]3[C@@H]4C(C)(C)[C@]4(OC(=O)Cc4ccccc4)C(=O)[C@@H](C)[C@]3(O)[C@@H]3C=C(C)C(=O)[C@@]3(O)C2)cc1OC. The molecular weight excluding hydrogens is 684 g/mol. The minimum atomic E-state index is -2.08. The maximum Gasteiger partial charge on any atom is 0.311 e. The number of ketones is 2. The third-order valence-electron chi connectivity index (χ3n) is 11.7. The van der Waals surface area contributed by atoms with Gasteiger partial charge in [-0.05, 0) is 41.3 Å². The van der Waals surface area contributed by atoms with Crippen molar-refractivity contribution < 1.29 is 57.8 Å². The fourth-order valence-corrected chi connectivity index (χ4v) is 9.00. The average molecular weight is 733 g/mol. The number of ether oxygens (including phenoxy) is 6. The minimum Gasteiger partial charge on any atom is -0.493 e. The number of aliphatic hydroxyl groups is 2. The van der Waals surface area contributed by atoms with Crippen LogP contribution in [0.15, 0.2) is 71.8 Å². The van der Waals surface area contributed by atoms with Crippen molar-refractivity contribution in [2.75, 3.05) is 40.8 Å². The molecule has 0 spiro atoms. The Morgan fingerprint density at radius 2 is 1.62 bits per heavy atom. The van der Waals surface area contributed by atoms with Crippen LogP contribution in [0.2, 0.25) is 0 Å². The van der Waals surface area contributed by atoms with Gasteiger partial charge in [0.2, 0.25) is 0 Å². The van der Waals surface area contributed by atoms with Crippen LogP contribution in [0.5, 0.6) is 11.5 Å². The molecule has 0 aromatic heterocycles. The van der Waals surface area contributed by atoms with Gasteiger partial charge in [-0.25, -0.2) is 0 Å². The van der Waals surface area contributed by atoms with E-state index in [4.69, 9.17) is 28.4 Å². The molecule has 12 heteroatoms. The predicted octanol–water partition coefficient (Wildman–Crippen LogP) is 3.73. The predicted molar refractivity (Wildman–Crippen MR) is 190 cm³/mol. The maximum absolute atomic E-state index is 14.4. The van der Waals surface area contributed by atoms with Gasteiger partial charge in [-0.1, -0.05) is 69.3 Å². The van der Waals surface area contributed by atoms with Crippen LogP contribution in [-0.4, -0.2) is 91.4 Å². The smallest absolute Gasteiger partial charge is 0.311 e. The molecule has 6 rings (SSSR count). The fourth-order valence-electron chi connectivity index (χ4n) is 9.00. The van der Waals surface area contributed by atoms with Gasteiger partial charge in [0.1, 0.15) is 12.2 Å². The molecule has 0 bridgehead atoms. The molecule has 2 saturated carbocycles. The Hall–Kier alpha value is -4.36. The van der Waals surface area contributed by atoms with Gasteiger partial charge in [-0.3, -0.25) is 19.2 Å². The van der Waals surface area contributed by atoms with Gasteiger partial charge < -0.3 is 38.6 Å². The Morgan fingerprint density at radius 3 is 2.32 bits per heavy atom. The molecule has 2 aromatic rings. The maximum atomic E-state index is 14.4. The van der Waals surface area contributed by atoms with Crippen molar-refractivity contribution in [2.45, 2.75) is 63.8 Å². The molecule has 0 aliphatic heterocycles. The highest BCUT2D eigenvalue weighted by Gasteiger charge is 2.87. The second kappa shape index (κ2) is 14.5. The molecule has 4 aliphatic rings. The Morgan fingerprint density at radius 1 is 0.906 bits per heavy atom. The van der Waals surface area contributed by atoms with Gasteiger partial charge in [-0.2, -0.15) is 0 Å². The number of carbonyl (C=O) groups is 4. The van der Waals surface area contributed by atoms with E-state index in [1.54, 1.807) is 63.4 Å². The van der Waals surface area contributed by atoms with Crippen molar-refractivity contribution in [1.82, 2.24) is 0 Å². The lowest BCUT2D eigenvalue weighted by Crippen LogP contribution is -2.64. The summed E-state index contributed by atoms with van der Waals surface area (Å²) in [5, 5.41) is 24.9. The summed E-state index contributed by atoms with van der Waals surface area (Å²) in [4.78, 5) is 54.6. The molecule has 53 heavy (non-hydrogen) atoms. The number of carbonyl (C=O) groups excluding carboxylic acids is 4. The largest absolute Gasteiger partial charge is 0.493 e. The molecule has 4 aliphatic carbocycles. The highest BCUT2D eigenvalue weighted by atomic mass is 16.7. The van der Waals surface area contributed by atoms with E-state index >= 15 is 0 Å². The van der Waals surface area contributed by atoms with Gasteiger partial charge in [0.15, 0.2) is 35.5 Å². The summed E-state index contributed by atoms with van der Waals surface area (Å²) in [6, 6.07) is 14.1. The van der Waals surface area contributed by atoms with Gasteiger partial charge in [0, 0.05) is 42.6 Å². The second-order valence-electron chi connectivity index (χ2n) is 15.1. The van der Waals surface area contributed by atoms with Crippen molar-refractivity contribution in [3.8, 4) is 11.5 Å². The van der Waals surface area contributed by atoms with Crippen molar-refractivity contribution in [3.05, 3.63) is 83.0 Å². The van der Waals surface area contributed by atoms with Crippen LogP contribution in [0.1, 0.15) is 45.2 Å². The number of rotatable bonds is 14. The Bertz CT molecular complexity index is 1830. The summed E-state index contributed by atoms with van der Waals surface area (Å²) in [5.41, 5.74) is -4.42. The summed E-state index contributed by atoms with van der Waals surface area (Å²) in [6.45, 7) is 7.29. The van der Waals surface area contributed by atoms with E-state index in [0.29, 0.717) is 35.8 Å². The van der Waals surface area contributed by atoms with Crippen molar-refractivity contribution in [1.29, 1.82) is 0 Å². The van der Waals surface area contributed by atoms with Gasteiger partial charge in [0.05, 0.1) is 38.8 Å². The zero-order valence-corrected chi connectivity index (χ0v) is 31.0. The first-order valence-corrected chi connectivity index (χ1v) is 17.8. The quantitative estimate of drug-likeness (QED) is 0.125. The summed E-state index contributed by atoms with van der Waals surface area (Å²) < 4.78 is 33.3. The normalized spacial score (nSPS) is 30.9. The number of esters is 2. The van der Waals surface area contributed by atoms with E-state index in [1.807, 2.05) is 32.0 Å². The van der Waals surface area contributed by atoms with Crippen LogP contribution in [0, 0.1) is 29.1 Å². The average Bonchev–Trinajstić information content (AvgIpc) is 3.56. The van der Waals surface area contributed by atoms with E-state index in [1.165, 1.54) is 7.11 Å². The molecule has 0 saturated heterocycles. The van der Waals surface area contributed by atoms with Crippen LogP contribution in [-0.2, 0) is 51.0 Å². The lowest BCUT2D eigenvalue weighted by atomic mass is 9.59. The highest BCUT2D eigenvalue weighted by Crippen LogP contribution is 2.75. The molecule has 12 nitrogen and oxygen atoms in total. The first-order chi connectivity index (χ1) is 25.1. The van der Waals surface area contributed by atoms with Gasteiger partial charge >= 0.3 is 11.9 Å². The van der Waals surface area contributed by atoms with Crippen molar-refractivity contribution in [3.63, 3.8) is 0 Å². The van der Waals surface area contributed by atoms with E-state index in [-0.39, 0.29) is 38.2 Å². The van der Waals surface area contributed by atoms with Crippen molar-refractivity contribution >= 4 is 23.5 Å². The third kappa shape index (κ3) is 6.49. The lowest BCUT2D eigenvalue weighted by Gasteiger charge is -2.49. The summed E-state index contributed by atoms with van der Waals surface area (Å²) in [7, 11) is 3.05. The summed E-state index contributed by atoms with van der Waals surface area (Å²) in [5.74, 6) is -5.12. The number of hydrogen-bond acceptors (Lipinski definition) is 12. The van der Waals surface area contributed by atoms with Crippen LogP contribution in [0.4, 0.5) is 0 Å². The number of fused-ring (bicyclic) bond motifs is 5.